The number of carbonyl (C=O) groups is 1. The maximum Gasteiger partial charge on any atom is 0.134 e. The van der Waals surface area contributed by atoms with E-state index in [4.69, 9.17) is 45.2 Å². The first-order chi connectivity index (χ1) is 48.0. The van der Waals surface area contributed by atoms with Gasteiger partial charge in [-0.25, -0.2) is 0 Å². The molecule has 0 unspecified atom stereocenters. The van der Waals surface area contributed by atoms with Gasteiger partial charge in [0.1, 0.15) is 5.78 Å². The number of ketones is 1. The number of halogens is 9. The first-order valence-electron chi connectivity index (χ1n) is 31.9. The Kier molecular flexibility index (Phi) is 35.3. The molecule has 0 atom stereocenters. The molecule has 4 aromatic carbocycles. The molecule has 0 spiro atoms. The number of hydrogen-bond acceptors (Lipinski definition) is 8. The number of aromatic amines is 1. The van der Waals surface area contributed by atoms with Crippen LogP contribution in [0.4, 0.5) is 0 Å². The topological polar surface area (TPSA) is 161 Å². The number of Topliss-reactive ketones (excluding diaryl/α,β-unsaturated/α-hetero) is 1. The van der Waals surface area contributed by atoms with Crippen LogP contribution in [0.15, 0.2) is 198 Å². The predicted octanol–water partition coefficient (Wildman–Crippen LogP) is 24.4. The molecule has 0 bridgehead atoms. The summed E-state index contributed by atoms with van der Waals surface area (Å²) in [7, 11) is 0. The molecule has 0 saturated heterocycles. The third kappa shape index (κ3) is 24.2. The van der Waals surface area contributed by atoms with Crippen LogP contribution in [0.2, 0.25) is 15.1 Å². The van der Waals surface area contributed by atoms with Gasteiger partial charge >= 0.3 is 0 Å². The fourth-order valence-corrected chi connectivity index (χ4v) is 12.0. The summed E-state index contributed by atoms with van der Waals surface area (Å²) in [6, 6.07) is 53.8. The Morgan fingerprint density at radius 3 is 1.19 bits per heavy atom. The van der Waals surface area contributed by atoms with E-state index in [9.17, 15) is 4.79 Å². The summed E-state index contributed by atoms with van der Waals surface area (Å²) in [5.41, 5.74) is 24.1. The van der Waals surface area contributed by atoms with Crippen molar-refractivity contribution in [2.24, 2.45) is 0 Å². The number of nitriles is 1. The number of alkyl halides is 1. The molecule has 101 heavy (non-hydrogen) atoms. The second-order valence-electron chi connectivity index (χ2n) is 22.5. The van der Waals surface area contributed by atoms with Gasteiger partial charge in [0.05, 0.1) is 66.8 Å². The van der Waals surface area contributed by atoms with Crippen molar-refractivity contribution in [1.82, 2.24) is 48.2 Å². The zero-order valence-electron chi connectivity index (χ0n) is 57.3. The second kappa shape index (κ2) is 42.1. The maximum absolute atomic E-state index is 11.3. The van der Waals surface area contributed by atoms with Crippen LogP contribution in [0.5, 0.6) is 0 Å². The molecule has 1 radical (unpaired) electrons. The van der Waals surface area contributed by atoms with Crippen molar-refractivity contribution in [2.45, 2.75) is 94.9 Å². The normalized spacial score (nSPS) is 10.5. The number of carbonyl (C=O) groups excluding carboxylic acids is 1. The fourth-order valence-electron chi connectivity index (χ4n) is 10.9. The van der Waals surface area contributed by atoms with Gasteiger partial charge in [0, 0.05) is 138 Å². The second-order valence-corrected chi connectivity index (χ2v) is 36.6. The van der Waals surface area contributed by atoms with Gasteiger partial charge in [-0.2, -0.15) is 5.26 Å². The van der Waals surface area contributed by atoms with Gasteiger partial charge in [0.2, 0.25) is 0 Å². The number of aliphatic hydroxyl groups is 1. The van der Waals surface area contributed by atoms with E-state index in [1.165, 1.54) is 9.93 Å². The smallest absolute Gasteiger partial charge is 0.134 e. The number of aliphatic hydroxyl groups excluding tert-OH is 1. The molecule has 2 N–H and O–H groups in total. The molecule has 14 rings (SSSR count). The Hall–Kier alpha value is -5.22. The van der Waals surface area contributed by atoms with Crippen molar-refractivity contribution in [3.63, 3.8) is 0 Å². The molecule has 0 aliphatic carbocycles. The first-order valence-corrected chi connectivity index (χ1v) is 39.4. The number of nitrogens with one attached hydrogen (secondary N) is 1. The zero-order chi connectivity index (χ0) is 72.7. The SMILES string of the molecule is CC.CC(=O)Cc1cnc2cc(C)n(-c3ccc(Cl)cc3)c2c1.CCCc1cnc2cc(C)n(-c3ccc(C#N)cc3)c2c1.CCI.Cc1cc2ncc(Br)cc2[nH]1.Cc1cc2ncc(Br)cc2n1-c1ccc(Cl)cc1.Cc1cc2ncc(CCO)cc2n1-c1ccc(Cl)cc1.I[C-](I)I.[V]. The van der Waals surface area contributed by atoms with Crippen LogP contribution in [-0.4, -0.2) is 70.1 Å². The number of aromatic nitrogens is 10. The number of hydrogen-bond donors (Lipinski definition) is 2. The number of fused-ring (bicyclic) bond motifs is 5. The maximum atomic E-state index is 11.3. The molecule has 14 aromatic rings. The van der Waals surface area contributed by atoms with Crippen LogP contribution in [0.25, 0.3) is 77.9 Å². The van der Waals surface area contributed by atoms with Crippen LogP contribution >= 0.6 is 157 Å². The molecular formula is C78H75Br2Cl3I4N11O2V-. The van der Waals surface area contributed by atoms with Gasteiger partial charge in [-0.3, -0.25) is 97.5 Å². The number of aryl methyl sites for hydroxylation is 6. The summed E-state index contributed by atoms with van der Waals surface area (Å²) in [5.74, 6) is 0.137. The van der Waals surface area contributed by atoms with Gasteiger partial charge in [-0.1, -0.05) is 91.5 Å². The summed E-state index contributed by atoms with van der Waals surface area (Å²) in [4.78, 5) is 36.6. The summed E-state index contributed by atoms with van der Waals surface area (Å²) >= 11 is 33.6. The Morgan fingerprint density at radius 1 is 0.515 bits per heavy atom. The molecule has 10 heterocycles. The van der Waals surface area contributed by atoms with E-state index in [1.54, 1.807) is 19.3 Å². The number of rotatable bonds is 10. The van der Waals surface area contributed by atoms with E-state index in [0.717, 1.165) is 149 Å². The van der Waals surface area contributed by atoms with Gasteiger partial charge in [0.15, 0.2) is 0 Å². The number of pyridine rings is 5. The molecule has 13 nitrogen and oxygen atoms in total. The van der Waals surface area contributed by atoms with E-state index in [-0.39, 0.29) is 30.9 Å². The average molecular weight is 2020 g/mol. The standard InChI is InChI=1S/C18H17N3.C17H15ClN2O.C16H15ClN2O.C14H10BrClN2.C8H7BrN2.C2H5I.C2H6.CI3.V/c1-3-4-15-10-18-17(20-12-15)9-13(2)21(18)16-7-5-14(11-19)6-8-16;1-11-7-16-17(9-13(10-19-16)8-12(2)21)20(11)15-5-3-14(18)4-6-15;1-11-8-15-16(9-12(6-7-20)10-18-15)19(11)14-4-2-13(17)3-5-14;1-9-6-13-14(7-10(15)8-17-13)18(9)12-4-2-11(16)3-5-12;1-5-2-7-8(11-5)3-6(9)4-10-7;1-2-3;1-2;2-1(3)4;/h5-10,12H,3-4H2,1-2H3;3-7,9-10H,8H2,1-2H3;2-5,8-10,20H,6-7H2,1H3;2-8H,1H3;2-4,11H,1H3;2H2,1H3;1-2H3;;/q;;;;;;;-1;. The molecule has 23 heteroatoms. The average Bonchev–Trinajstić information content (AvgIpc) is 1.62. The number of H-pyrrole nitrogens is 1. The molecule has 0 aliphatic heterocycles. The van der Waals surface area contributed by atoms with E-state index in [2.05, 4.69) is 247 Å². The minimum absolute atomic E-state index is 0. The third-order valence-corrected chi connectivity index (χ3v) is 16.6. The van der Waals surface area contributed by atoms with E-state index < -0.39 is 0 Å². The van der Waals surface area contributed by atoms with Crippen molar-refractivity contribution in [3.8, 4) is 28.8 Å². The van der Waals surface area contributed by atoms with E-state index in [1.807, 2.05) is 168 Å². The fraction of sp³-hybridized carbons (Fsp3) is 0.205. The van der Waals surface area contributed by atoms with Crippen LogP contribution in [0.1, 0.15) is 91.8 Å². The van der Waals surface area contributed by atoms with Gasteiger partial charge < -0.3 is 28.4 Å². The zero-order valence-corrected chi connectivity index (χ0v) is 72.8. The van der Waals surface area contributed by atoms with Crippen LogP contribution < -0.4 is 0 Å². The molecule has 0 aliphatic rings. The number of nitrogens with zero attached hydrogens (tertiary/aromatic N) is 10. The minimum atomic E-state index is 0. The van der Waals surface area contributed by atoms with Crippen molar-refractivity contribution < 1.29 is 28.5 Å². The monoisotopic (exact) mass is 2020 g/mol. The van der Waals surface area contributed by atoms with Gasteiger partial charge in [-0.05, 0) is 265 Å². The van der Waals surface area contributed by atoms with Crippen LogP contribution in [0, 0.1) is 45.9 Å². The Bertz CT molecular complexity index is 5040. The molecular weight excluding hydrogens is 1950 g/mol. The van der Waals surface area contributed by atoms with Gasteiger partial charge in [0.25, 0.3) is 0 Å². The minimum Gasteiger partial charge on any atom is -0.396 e. The molecule has 0 saturated carbocycles. The third-order valence-electron chi connectivity index (χ3n) is 15.0. The van der Waals surface area contributed by atoms with E-state index in [0.29, 0.717) is 23.4 Å². The Balaban J connectivity index is 0.000000194. The number of benzene rings is 4. The molecule has 0 fully saturated rings. The molecule has 523 valence electrons. The molecule has 0 amide bonds. The predicted molar refractivity (Wildman–Crippen MR) is 460 cm³/mol. The van der Waals surface area contributed by atoms with Crippen molar-refractivity contribution in [3.05, 3.63) is 263 Å². The van der Waals surface area contributed by atoms with Crippen molar-refractivity contribution in [1.29, 1.82) is 5.26 Å². The van der Waals surface area contributed by atoms with Crippen LogP contribution in [-0.2, 0) is 42.6 Å². The van der Waals surface area contributed by atoms with Crippen molar-refractivity contribution >= 4 is 218 Å². The summed E-state index contributed by atoms with van der Waals surface area (Å²) in [5, 5.41) is 20.2. The van der Waals surface area contributed by atoms with Crippen molar-refractivity contribution in [2.75, 3.05) is 11.0 Å². The summed E-state index contributed by atoms with van der Waals surface area (Å²) < 4.78 is 13.2. The molecule has 10 aromatic heterocycles. The van der Waals surface area contributed by atoms with E-state index >= 15 is 0 Å². The van der Waals surface area contributed by atoms with Crippen LogP contribution in [0.3, 0.4) is 0 Å². The summed E-state index contributed by atoms with van der Waals surface area (Å²) in [6.45, 7) is 20.3. The summed E-state index contributed by atoms with van der Waals surface area (Å²) in [6.07, 6.45) is 12.4. The largest absolute Gasteiger partial charge is 0.396 e. The Morgan fingerprint density at radius 2 is 0.832 bits per heavy atom. The van der Waals surface area contributed by atoms with Gasteiger partial charge in [-0.15, -0.1) is -0.0619 Å². The first kappa shape index (κ1) is 84.7. The Labute approximate surface area is 689 Å². The quantitative estimate of drug-likeness (QED) is 0.0777.